The molecule has 120 valence electrons. The molecule has 0 aliphatic carbocycles. The molecule has 0 atom stereocenters. The van der Waals surface area contributed by atoms with Crippen molar-refractivity contribution in [2.45, 2.75) is 13.8 Å². The second kappa shape index (κ2) is 8.35. The third kappa shape index (κ3) is 17.0. The minimum Gasteiger partial charge on any atom is -0.726 e. The molecule has 0 radical (unpaired) electrons. The smallest absolute Gasteiger partial charge is 0.330 e. The molecule has 0 bridgehead atoms. The number of rotatable bonds is 6. The van der Waals surface area contributed by atoms with Crippen LogP contribution >= 0.6 is 0 Å². The molecule has 0 aromatic heterocycles. The first-order valence-corrected chi connectivity index (χ1v) is 7.17. The number of hydrogen-bond acceptors (Lipinski definition) is 6. The summed E-state index contributed by atoms with van der Waals surface area (Å²) in [5, 5.41) is 0. The molecule has 0 unspecified atom stereocenters. The minimum atomic E-state index is -4.41. The number of ether oxygens (including phenoxy) is 1. The molecule has 0 aliphatic rings. The summed E-state index contributed by atoms with van der Waals surface area (Å²) in [6.07, 6.45) is 1.20. The van der Waals surface area contributed by atoms with E-state index in [0.717, 1.165) is 18.1 Å². The average Bonchev–Trinajstić information content (AvgIpc) is 2.22. The number of nitrogens with zero attached hydrogens (tertiary/aromatic N) is 1. The highest BCUT2D eigenvalue weighted by molar-refractivity contribution is 7.80. The van der Waals surface area contributed by atoms with Gasteiger partial charge in [0.05, 0.1) is 34.8 Å². The summed E-state index contributed by atoms with van der Waals surface area (Å²) in [5.41, 5.74) is -0.00306. The van der Waals surface area contributed by atoms with Crippen molar-refractivity contribution in [3.05, 3.63) is 12.7 Å². The van der Waals surface area contributed by atoms with Gasteiger partial charge in [0.2, 0.25) is 10.4 Å². The van der Waals surface area contributed by atoms with Crippen LogP contribution in [0.5, 0.6) is 0 Å². The number of quaternary nitrogens is 1. The molecule has 0 aliphatic heterocycles. The molecule has 0 saturated carbocycles. The summed E-state index contributed by atoms with van der Waals surface area (Å²) in [7, 11) is 2.76. The zero-order valence-corrected chi connectivity index (χ0v) is 13.8. The summed E-state index contributed by atoms with van der Waals surface area (Å²) in [6, 6.07) is 0. The summed E-state index contributed by atoms with van der Waals surface area (Å²) >= 11 is 0. The van der Waals surface area contributed by atoms with Crippen LogP contribution in [0.3, 0.4) is 0 Å². The summed E-state index contributed by atoms with van der Waals surface area (Å²) in [5.74, 6) is -0.348. The first-order valence-electron chi connectivity index (χ1n) is 5.83. The zero-order chi connectivity index (χ0) is 16.6. The number of carbonyl (C=O) groups excluding carboxylic acids is 1. The molecule has 0 spiro atoms. The molecule has 0 fully saturated rings. The van der Waals surface area contributed by atoms with Crippen molar-refractivity contribution in [2.24, 2.45) is 5.41 Å². The van der Waals surface area contributed by atoms with E-state index in [4.69, 9.17) is 4.74 Å². The fourth-order valence-electron chi connectivity index (χ4n) is 1.66. The number of carbonyl (C=O) groups is 1. The Kier molecular flexibility index (Phi) is 8.91. The summed E-state index contributed by atoms with van der Waals surface area (Å²) in [4.78, 5) is 10.9. The van der Waals surface area contributed by atoms with E-state index in [0.29, 0.717) is 6.61 Å². The Labute approximate surface area is 121 Å². The van der Waals surface area contributed by atoms with Crippen LogP contribution in [0.4, 0.5) is 0 Å². The average molecular weight is 311 g/mol. The van der Waals surface area contributed by atoms with Gasteiger partial charge in [0.25, 0.3) is 0 Å². The van der Waals surface area contributed by atoms with Crippen molar-refractivity contribution < 1.29 is 31.2 Å². The standard InChI is InChI=1S/C11H22NO2.CH4O4S/c1-7-10(13)14-9-11(2,3)8-12(4,5)6;1-5-6(2,3)4/h7H,1,8-9H2,2-6H3;1H3,(H,2,3,4)/q+1;/p-1. The van der Waals surface area contributed by atoms with Gasteiger partial charge in [-0.25, -0.2) is 13.2 Å². The lowest BCUT2D eigenvalue weighted by Crippen LogP contribution is -2.44. The molecule has 0 amide bonds. The Morgan fingerprint density at radius 3 is 2.00 bits per heavy atom. The van der Waals surface area contributed by atoms with Crippen molar-refractivity contribution in [2.75, 3.05) is 41.4 Å². The zero-order valence-electron chi connectivity index (χ0n) is 13.0. The van der Waals surface area contributed by atoms with E-state index < -0.39 is 10.4 Å². The first-order chi connectivity index (χ1) is 8.72. The van der Waals surface area contributed by atoms with Crippen molar-refractivity contribution in [3.8, 4) is 0 Å². The molecule has 0 N–H and O–H groups in total. The maximum absolute atomic E-state index is 10.9. The van der Waals surface area contributed by atoms with E-state index in [2.05, 4.69) is 45.8 Å². The molecular weight excluding hydrogens is 286 g/mol. The van der Waals surface area contributed by atoms with Gasteiger partial charge in [0.15, 0.2) is 0 Å². The third-order valence-electron chi connectivity index (χ3n) is 1.88. The maximum Gasteiger partial charge on any atom is 0.330 e. The summed E-state index contributed by atoms with van der Waals surface area (Å²) < 4.78 is 36.9. The van der Waals surface area contributed by atoms with Crippen LogP contribution in [0.25, 0.3) is 0 Å². The van der Waals surface area contributed by atoms with Gasteiger partial charge in [-0.2, -0.15) is 0 Å². The molecule has 7 nitrogen and oxygen atoms in total. The molecular formula is C12H25NO6S. The van der Waals surface area contributed by atoms with Gasteiger partial charge in [-0.1, -0.05) is 20.4 Å². The van der Waals surface area contributed by atoms with Crippen molar-refractivity contribution in [1.82, 2.24) is 0 Å². The lowest BCUT2D eigenvalue weighted by Gasteiger charge is -2.33. The highest BCUT2D eigenvalue weighted by atomic mass is 32.3. The van der Waals surface area contributed by atoms with Crippen LogP contribution < -0.4 is 0 Å². The van der Waals surface area contributed by atoms with Gasteiger partial charge in [0.1, 0.15) is 6.61 Å². The van der Waals surface area contributed by atoms with Crippen molar-refractivity contribution in [3.63, 3.8) is 0 Å². The lowest BCUT2D eigenvalue weighted by atomic mass is 9.93. The summed E-state index contributed by atoms with van der Waals surface area (Å²) in [6.45, 7) is 8.93. The van der Waals surface area contributed by atoms with Crippen molar-refractivity contribution >= 4 is 16.4 Å². The number of esters is 1. The monoisotopic (exact) mass is 311 g/mol. The Morgan fingerprint density at radius 1 is 1.35 bits per heavy atom. The van der Waals surface area contributed by atoms with Gasteiger partial charge < -0.3 is 13.8 Å². The topological polar surface area (TPSA) is 92.7 Å². The normalized spacial score (nSPS) is 12.2. The van der Waals surface area contributed by atoms with Gasteiger partial charge in [-0.05, 0) is 0 Å². The van der Waals surface area contributed by atoms with E-state index in [9.17, 15) is 17.8 Å². The van der Waals surface area contributed by atoms with Gasteiger partial charge in [-0.3, -0.25) is 4.18 Å². The van der Waals surface area contributed by atoms with E-state index in [-0.39, 0.29) is 11.4 Å². The highest BCUT2D eigenvalue weighted by Crippen LogP contribution is 2.18. The first kappa shape index (κ1) is 21.3. The molecule has 0 rings (SSSR count). The SMILES string of the molecule is C=CC(=O)OCC(C)(C)C[N+](C)(C)C.COS(=O)(=O)[O-]. The minimum absolute atomic E-state index is 0.00306. The maximum atomic E-state index is 10.9. The van der Waals surface area contributed by atoms with E-state index in [1.54, 1.807) is 0 Å². The van der Waals surface area contributed by atoms with Crippen LogP contribution in [0.1, 0.15) is 13.8 Å². The Morgan fingerprint density at radius 2 is 1.75 bits per heavy atom. The van der Waals surface area contributed by atoms with Crippen LogP contribution in [0.15, 0.2) is 12.7 Å². The van der Waals surface area contributed by atoms with Crippen molar-refractivity contribution in [1.29, 1.82) is 0 Å². The second-order valence-corrected chi connectivity index (χ2v) is 7.15. The molecule has 0 heterocycles. The molecule has 0 aromatic carbocycles. The molecule has 20 heavy (non-hydrogen) atoms. The fraction of sp³-hybridized carbons (Fsp3) is 0.750. The van der Waals surface area contributed by atoms with Crippen LogP contribution in [0.2, 0.25) is 0 Å². The fourth-order valence-corrected chi connectivity index (χ4v) is 1.66. The van der Waals surface area contributed by atoms with E-state index in [1.165, 1.54) is 6.08 Å². The Balaban J connectivity index is 0. The van der Waals surface area contributed by atoms with Gasteiger partial charge in [0, 0.05) is 11.5 Å². The van der Waals surface area contributed by atoms with E-state index >= 15 is 0 Å². The highest BCUT2D eigenvalue weighted by Gasteiger charge is 2.27. The van der Waals surface area contributed by atoms with Crippen LogP contribution in [0, 0.1) is 5.41 Å². The predicted molar refractivity (Wildman–Crippen MR) is 74.5 cm³/mol. The largest absolute Gasteiger partial charge is 0.726 e. The van der Waals surface area contributed by atoms with Crippen LogP contribution in [-0.4, -0.2) is 64.8 Å². The van der Waals surface area contributed by atoms with Gasteiger partial charge in [-0.15, -0.1) is 0 Å². The lowest BCUT2D eigenvalue weighted by molar-refractivity contribution is -0.877. The quantitative estimate of drug-likeness (QED) is 0.234. The Bertz CT molecular complexity index is 408. The van der Waals surface area contributed by atoms with Crippen LogP contribution in [-0.2, 0) is 24.1 Å². The predicted octanol–water partition coefficient (Wildman–Crippen LogP) is 0.541. The molecule has 8 heteroatoms. The van der Waals surface area contributed by atoms with Gasteiger partial charge >= 0.3 is 5.97 Å². The second-order valence-electron chi connectivity index (χ2n) is 6.00. The molecule has 0 aromatic rings. The van der Waals surface area contributed by atoms with E-state index in [1.807, 2.05) is 0 Å². The third-order valence-corrected chi connectivity index (χ3v) is 2.29. The molecule has 0 saturated heterocycles. The Hall–Kier alpha value is -0.960. The number of hydrogen-bond donors (Lipinski definition) is 0.